The van der Waals surface area contributed by atoms with Crippen molar-refractivity contribution in [2.24, 2.45) is 0 Å². The van der Waals surface area contributed by atoms with Crippen molar-refractivity contribution in [2.45, 2.75) is 26.7 Å². The highest BCUT2D eigenvalue weighted by Gasteiger charge is 1.62. The monoisotopic (exact) mass is 109 g/mol. The lowest BCUT2D eigenvalue weighted by Gasteiger charge is -1.73. The molecule has 45 valence electrons. The third-order valence-corrected chi connectivity index (χ3v) is 0.772. The molecule has 0 aromatic heterocycles. The van der Waals surface area contributed by atoms with Gasteiger partial charge in [-0.2, -0.15) is 0 Å². The van der Waals surface area contributed by atoms with Crippen LogP contribution in [0.5, 0.6) is 0 Å². The van der Waals surface area contributed by atoms with Crippen molar-refractivity contribution in [2.75, 3.05) is 0 Å². The molecule has 0 heterocycles. The van der Waals surface area contributed by atoms with E-state index >= 15 is 0 Å². The SMILES string of the molecule is CCC=C/[C]=C/CC. The second kappa shape index (κ2) is 6.48. The van der Waals surface area contributed by atoms with Crippen molar-refractivity contribution in [3.63, 3.8) is 0 Å². The summed E-state index contributed by atoms with van der Waals surface area (Å²) in [5, 5.41) is 0. The van der Waals surface area contributed by atoms with Crippen LogP contribution in [0.1, 0.15) is 26.7 Å². The lowest BCUT2D eigenvalue weighted by Crippen LogP contribution is -1.53. The van der Waals surface area contributed by atoms with Gasteiger partial charge >= 0.3 is 0 Å². The fourth-order valence-corrected chi connectivity index (χ4v) is 0.372. The van der Waals surface area contributed by atoms with Crippen LogP contribution in [0.4, 0.5) is 0 Å². The molecule has 0 unspecified atom stereocenters. The molecular weight excluding hydrogens is 96.1 g/mol. The first kappa shape index (κ1) is 7.48. The molecule has 0 aromatic carbocycles. The third-order valence-electron chi connectivity index (χ3n) is 0.772. The van der Waals surface area contributed by atoms with E-state index in [1.54, 1.807) is 0 Å². The van der Waals surface area contributed by atoms with Gasteiger partial charge < -0.3 is 0 Å². The first-order chi connectivity index (χ1) is 3.91. The molecule has 0 saturated heterocycles. The summed E-state index contributed by atoms with van der Waals surface area (Å²) in [6.07, 6.45) is 11.3. The van der Waals surface area contributed by atoms with Crippen LogP contribution in [-0.4, -0.2) is 0 Å². The number of hydrogen-bond donors (Lipinski definition) is 0. The third kappa shape index (κ3) is 5.48. The molecule has 0 N–H and O–H groups in total. The van der Waals surface area contributed by atoms with Crippen LogP contribution in [0.15, 0.2) is 18.2 Å². The Balaban J connectivity index is 3.13. The highest BCUT2D eigenvalue weighted by Crippen LogP contribution is 1.82. The van der Waals surface area contributed by atoms with Crippen LogP contribution in [0.3, 0.4) is 0 Å². The first-order valence-electron chi connectivity index (χ1n) is 3.14. The topological polar surface area (TPSA) is 0 Å². The van der Waals surface area contributed by atoms with Crippen LogP contribution >= 0.6 is 0 Å². The summed E-state index contributed by atoms with van der Waals surface area (Å²) in [6.45, 7) is 4.22. The maximum atomic E-state index is 3.03. The molecule has 1 radical (unpaired) electrons. The van der Waals surface area contributed by atoms with Gasteiger partial charge in [0.1, 0.15) is 0 Å². The summed E-state index contributed by atoms with van der Waals surface area (Å²) in [4.78, 5) is 0. The van der Waals surface area contributed by atoms with E-state index in [1.165, 1.54) is 0 Å². The van der Waals surface area contributed by atoms with Gasteiger partial charge in [-0.05, 0) is 18.9 Å². The van der Waals surface area contributed by atoms with E-state index in [0.717, 1.165) is 12.8 Å². The fraction of sp³-hybridized carbons (Fsp3) is 0.500. The van der Waals surface area contributed by atoms with Crippen molar-refractivity contribution in [1.82, 2.24) is 0 Å². The smallest absolute Gasteiger partial charge is 0.0231 e. The Kier molecular flexibility index (Phi) is 6.06. The molecule has 0 atom stereocenters. The van der Waals surface area contributed by atoms with Crippen LogP contribution in [0.2, 0.25) is 0 Å². The second-order valence-corrected chi connectivity index (χ2v) is 1.59. The molecule has 0 spiro atoms. The number of hydrogen-bond acceptors (Lipinski definition) is 0. The number of allylic oxidation sites excluding steroid dienone is 4. The average Bonchev–Trinajstić information content (AvgIpc) is 1.81. The maximum absolute atomic E-state index is 3.03. The molecule has 0 fully saturated rings. The van der Waals surface area contributed by atoms with Crippen LogP contribution in [0.25, 0.3) is 0 Å². The Morgan fingerprint density at radius 2 is 2.00 bits per heavy atom. The number of rotatable bonds is 3. The Morgan fingerprint density at radius 1 is 1.25 bits per heavy atom. The summed E-state index contributed by atoms with van der Waals surface area (Å²) < 4.78 is 0. The van der Waals surface area contributed by atoms with E-state index in [4.69, 9.17) is 0 Å². The molecule has 0 heteroatoms. The van der Waals surface area contributed by atoms with E-state index in [-0.39, 0.29) is 0 Å². The predicted molar refractivity (Wildman–Crippen MR) is 37.5 cm³/mol. The van der Waals surface area contributed by atoms with E-state index < -0.39 is 0 Å². The Bertz CT molecular complexity index is 66.0. The minimum Gasteiger partial charge on any atom is -0.0842 e. The zero-order valence-electron chi connectivity index (χ0n) is 5.65. The van der Waals surface area contributed by atoms with Gasteiger partial charge in [-0.15, -0.1) is 0 Å². The summed E-state index contributed by atoms with van der Waals surface area (Å²) in [7, 11) is 0. The van der Waals surface area contributed by atoms with Gasteiger partial charge in [-0.1, -0.05) is 32.1 Å². The van der Waals surface area contributed by atoms with Crippen molar-refractivity contribution >= 4 is 0 Å². The minimum absolute atomic E-state index is 1.08. The van der Waals surface area contributed by atoms with Crippen LogP contribution < -0.4 is 0 Å². The Morgan fingerprint density at radius 3 is 2.50 bits per heavy atom. The Labute approximate surface area is 51.9 Å². The highest BCUT2D eigenvalue weighted by atomic mass is 13.7. The average molecular weight is 109 g/mol. The lowest BCUT2D eigenvalue weighted by molar-refractivity contribution is 1.20. The van der Waals surface area contributed by atoms with Gasteiger partial charge in [0, 0.05) is 0 Å². The van der Waals surface area contributed by atoms with Crippen LogP contribution in [0, 0.1) is 6.08 Å². The molecule has 0 aliphatic rings. The van der Waals surface area contributed by atoms with Gasteiger partial charge in [0.2, 0.25) is 0 Å². The molecule has 0 amide bonds. The van der Waals surface area contributed by atoms with Crippen molar-refractivity contribution in [3.05, 3.63) is 24.3 Å². The van der Waals surface area contributed by atoms with Gasteiger partial charge in [0.15, 0.2) is 0 Å². The van der Waals surface area contributed by atoms with E-state index in [1.807, 2.05) is 12.2 Å². The zero-order chi connectivity index (χ0) is 6.24. The van der Waals surface area contributed by atoms with Crippen molar-refractivity contribution in [3.8, 4) is 0 Å². The summed E-state index contributed by atoms with van der Waals surface area (Å²) in [5.74, 6) is 0. The first-order valence-corrected chi connectivity index (χ1v) is 3.14. The van der Waals surface area contributed by atoms with E-state index in [9.17, 15) is 0 Å². The Hall–Kier alpha value is -0.520. The normalized spacial score (nSPS) is 11.8. The predicted octanol–water partition coefficient (Wildman–Crippen LogP) is 2.72. The molecule has 0 saturated carbocycles. The molecule has 0 nitrogen and oxygen atoms in total. The standard InChI is InChI=1S/C8H13/c1-3-5-7-8-6-4-2/h5-7H,3-4H2,1-2H3. The van der Waals surface area contributed by atoms with Gasteiger partial charge in [-0.3, -0.25) is 0 Å². The van der Waals surface area contributed by atoms with Gasteiger partial charge in [0.25, 0.3) is 0 Å². The van der Waals surface area contributed by atoms with Gasteiger partial charge in [-0.25, -0.2) is 0 Å². The van der Waals surface area contributed by atoms with Crippen LogP contribution in [-0.2, 0) is 0 Å². The lowest BCUT2D eigenvalue weighted by atomic mass is 10.3. The molecule has 0 aliphatic heterocycles. The largest absolute Gasteiger partial charge is 0.0842 e. The molecule has 0 rings (SSSR count). The molecular formula is C8H13. The summed E-state index contributed by atoms with van der Waals surface area (Å²) in [6, 6.07) is 0. The zero-order valence-corrected chi connectivity index (χ0v) is 5.65. The van der Waals surface area contributed by atoms with Gasteiger partial charge in [0.05, 0.1) is 0 Å². The molecule has 0 bridgehead atoms. The molecule has 0 aromatic rings. The quantitative estimate of drug-likeness (QED) is 0.489. The fourth-order valence-electron chi connectivity index (χ4n) is 0.372. The highest BCUT2D eigenvalue weighted by molar-refractivity contribution is 4.93. The van der Waals surface area contributed by atoms with Crippen molar-refractivity contribution in [1.29, 1.82) is 0 Å². The summed E-state index contributed by atoms with van der Waals surface area (Å²) in [5.41, 5.74) is 0. The summed E-state index contributed by atoms with van der Waals surface area (Å²) >= 11 is 0. The molecule has 8 heavy (non-hydrogen) atoms. The van der Waals surface area contributed by atoms with E-state index in [0.29, 0.717) is 0 Å². The minimum atomic E-state index is 1.08. The second-order valence-electron chi connectivity index (χ2n) is 1.59. The molecule has 0 aliphatic carbocycles. The maximum Gasteiger partial charge on any atom is -0.0231 e. The van der Waals surface area contributed by atoms with Crippen molar-refractivity contribution < 1.29 is 0 Å². The van der Waals surface area contributed by atoms with E-state index in [2.05, 4.69) is 26.0 Å².